The van der Waals surface area contributed by atoms with Crippen molar-refractivity contribution in [3.05, 3.63) is 35.1 Å². The fraction of sp³-hybridized carbons (Fsp3) is 0.471. The first-order valence-electron chi connectivity index (χ1n) is 7.23. The summed E-state index contributed by atoms with van der Waals surface area (Å²) in [5.41, 5.74) is 0.161. The molecule has 0 fully saturated rings. The highest BCUT2D eigenvalue weighted by atomic mass is 19.1. The van der Waals surface area contributed by atoms with Gasteiger partial charge in [-0.1, -0.05) is 32.6 Å². The van der Waals surface area contributed by atoms with E-state index in [9.17, 15) is 9.18 Å². The van der Waals surface area contributed by atoms with E-state index in [-0.39, 0.29) is 17.7 Å². The summed E-state index contributed by atoms with van der Waals surface area (Å²) in [6, 6.07) is 4.22. The van der Waals surface area contributed by atoms with E-state index in [4.69, 9.17) is 5.11 Å². The van der Waals surface area contributed by atoms with Crippen LogP contribution in [-0.2, 0) is 0 Å². The highest BCUT2D eigenvalue weighted by molar-refractivity contribution is 5.95. The predicted molar refractivity (Wildman–Crippen MR) is 81.4 cm³/mol. The number of rotatable bonds is 5. The molecule has 0 unspecified atom stereocenters. The van der Waals surface area contributed by atoms with Gasteiger partial charge in [0.1, 0.15) is 12.4 Å². The van der Waals surface area contributed by atoms with E-state index >= 15 is 0 Å². The molecule has 1 amide bonds. The van der Waals surface area contributed by atoms with Crippen molar-refractivity contribution in [2.45, 2.75) is 45.6 Å². The maximum atomic E-state index is 14.0. The lowest BCUT2D eigenvalue weighted by Crippen LogP contribution is -2.47. The van der Waals surface area contributed by atoms with Gasteiger partial charge in [0.2, 0.25) is 0 Å². The molecule has 1 aromatic rings. The Morgan fingerprint density at radius 1 is 1.29 bits per heavy atom. The van der Waals surface area contributed by atoms with Crippen LogP contribution < -0.4 is 5.32 Å². The second-order valence-corrected chi connectivity index (χ2v) is 4.95. The first kappa shape index (κ1) is 17.2. The smallest absolute Gasteiger partial charge is 0.254 e. The Hall–Kier alpha value is -1.86. The zero-order valence-corrected chi connectivity index (χ0v) is 12.8. The van der Waals surface area contributed by atoms with E-state index in [1.807, 2.05) is 20.8 Å². The third-order valence-electron chi connectivity index (χ3n) is 3.93. The summed E-state index contributed by atoms with van der Waals surface area (Å²) in [4.78, 5) is 12.3. The number of aliphatic hydroxyl groups excluding tert-OH is 1. The van der Waals surface area contributed by atoms with Gasteiger partial charge in [-0.3, -0.25) is 4.79 Å². The normalized spacial score (nSPS) is 10.7. The van der Waals surface area contributed by atoms with Gasteiger partial charge in [-0.15, -0.1) is 0 Å². The lowest BCUT2D eigenvalue weighted by Gasteiger charge is -2.31. The maximum Gasteiger partial charge on any atom is 0.254 e. The summed E-state index contributed by atoms with van der Waals surface area (Å²) in [5, 5.41) is 11.6. The van der Waals surface area contributed by atoms with Crippen LogP contribution in [-0.4, -0.2) is 23.2 Å². The van der Waals surface area contributed by atoms with Gasteiger partial charge >= 0.3 is 0 Å². The molecule has 0 spiro atoms. The van der Waals surface area contributed by atoms with Crippen LogP contribution in [0.15, 0.2) is 18.2 Å². The number of halogens is 1. The lowest BCUT2D eigenvalue weighted by atomic mass is 9.89. The SMILES string of the molecule is CCC(CC)(CC)NC(=O)c1ccc(C#CCO)cc1F. The van der Waals surface area contributed by atoms with Gasteiger partial charge in [-0.25, -0.2) is 4.39 Å². The fourth-order valence-corrected chi connectivity index (χ4v) is 2.24. The van der Waals surface area contributed by atoms with Crippen molar-refractivity contribution >= 4 is 5.91 Å². The van der Waals surface area contributed by atoms with E-state index in [1.165, 1.54) is 12.1 Å². The van der Waals surface area contributed by atoms with E-state index < -0.39 is 11.7 Å². The van der Waals surface area contributed by atoms with E-state index in [0.717, 1.165) is 19.3 Å². The van der Waals surface area contributed by atoms with Crippen LogP contribution in [0.4, 0.5) is 4.39 Å². The van der Waals surface area contributed by atoms with Crippen molar-refractivity contribution < 1.29 is 14.3 Å². The van der Waals surface area contributed by atoms with Gasteiger partial charge in [-0.2, -0.15) is 0 Å². The Balaban J connectivity index is 2.98. The van der Waals surface area contributed by atoms with Gasteiger partial charge in [0.25, 0.3) is 5.91 Å². The molecule has 0 aromatic heterocycles. The van der Waals surface area contributed by atoms with Crippen LogP contribution in [0.3, 0.4) is 0 Å². The molecule has 0 heterocycles. The van der Waals surface area contributed by atoms with Gasteiger partial charge in [0.05, 0.1) is 5.56 Å². The summed E-state index contributed by atoms with van der Waals surface area (Å²) < 4.78 is 14.0. The molecule has 0 saturated carbocycles. The molecule has 0 atom stereocenters. The molecule has 0 aliphatic rings. The second-order valence-electron chi connectivity index (χ2n) is 4.95. The monoisotopic (exact) mass is 291 g/mol. The Morgan fingerprint density at radius 2 is 1.90 bits per heavy atom. The average Bonchev–Trinajstić information content (AvgIpc) is 2.50. The van der Waals surface area contributed by atoms with E-state index in [1.54, 1.807) is 6.07 Å². The Morgan fingerprint density at radius 3 is 2.38 bits per heavy atom. The molecular weight excluding hydrogens is 269 g/mol. The number of amides is 1. The second kappa shape index (κ2) is 7.80. The largest absolute Gasteiger partial charge is 0.384 e. The zero-order valence-electron chi connectivity index (χ0n) is 12.8. The number of nitrogens with one attached hydrogen (secondary N) is 1. The minimum absolute atomic E-state index is 0.0178. The molecule has 0 bridgehead atoms. The van der Waals surface area contributed by atoms with Crippen molar-refractivity contribution in [3.63, 3.8) is 0 Å². The molecule has 21 heavy (non-hydrogen) atoms. The summed E-state index contributed by atoms with van der Waals surface area (Å²) in [6.45, 7) is 5.75. The van der Waals surface area contributed by atoms with Crippen LogP contribution in [0.1, 0.15) is 56.0 Å². The third-order valence-corrected chi connectivity index (χ3v) is 3.93. The summed E-state index contributed by atoms with van der Waals surface area (Å²) >= 11 is 0. The van der Waals surface area contributed by atoms with E-state index in [0.29, 0.717) is 5.56 Å². The van der Waals surface area contributed by atoms with Gasteiger partial charge in [0, 0.05) is 11.1 Å². The minimum Gasteiger partial charge on any atom is -0.384 e. The molecule has 1 rings (SSSR count). The molecule has 0 saturated heterocycles. The topological polar surface area (TPSA) is 49.3 Å². The maximum absolute atomic E-state index is 14.0. The van der Waals surface area contributed by atoms with Crippen molar-refractivity contribution in [1.29, 1.82) is 0 Å². The quantitative estimate of drug-likeness (QED) is 0.820. The average molecular weight is 291 g/mol. The molecular formula is C17H22FNO2. The van der Waals surface area contributed by atoms with Gasteiger partial charge in [-0.05, 0) is 37.5 Å². The summed E-state index contributed by atoms with van der Waals surface area (Å²) in [7, 11) is 0. The molecule has 3 nitrogen and oxygen atoms in total. The van der Waals surface area contributed by atoms with Gasteiger partial charge < -0.3 is 10.4 Å². The molecule has 114 valence electrons. The molecule has 0 aliphatic carbocycles. The van der Waals surface area contributed by atoms with Crippen LogP contribution in [0.2, 0.25) is 0 Å². The highest BCUT2D eigenvalue weighted by Crippen LogP contribution is 2.20. The molecule has 0 aliphatic heterocycles. The third kappa shape index (κ3) is 4.30. The van der Waals surface area contributed by atoms with Crippen molar-refractivity contribution in [3.8, 4) is 11.8 Å². The van der Waals surface area contributed by atoms with Crippen LogP contribution in [0.5, 0.6) is 0 Å². The summed E-state index contributed by atoms with van der Waals surface area (Å²) in [5.74, 6) is 4.05. The number of hydrogen-bond donors (Lipinski definition) is 2. The van der Waals surface area contributed by atoms with Crippen molar-refractivity contribution in [2.75, 3.05) is 6.61 Å². The van der Waals surface area contributed by atoms with Crippen LogP contribution >= 0.6 is 0 Å². The first-order valence-corrected chi connectivity index (χ1v) is 7.23. The summed E-state index contributed by atoms with van der Waals surface area (Å²) in [6.07, 6.45) is 2.40. The lowest BCUT2D eigenvalue weighted by molar-refractivity contribution is 0.0884. The first-order chi connectivity index (χ1) is 10.0. The molecule has 0 radical (unpaired) electrons. The number of benzene rings is 1. The number of carbonyl (C=O) groups is 1. The highest BCUT2D eigenvalue weighted by Gasteiger charge is 2.27. The van der Waals surface area contributed by atoms with E-state index in [2.05, 4.69) is 17.2 Å². The Labute approximate surface area is 125 Å². The Bertz CT molecular complexity index is 545. The van der Waals surface area contributed by atoms with Crippen LogP contribution in [0, 0.1) is 17.7 Å². The standard InChI is InChI=1S/C17H22FNO2/c1-4-17(5-2,6-3)19-16(21)14-10-9-13(8-7-11-20)12-15(14)18/h9-10,12,20H,4-6,11H2,1-3H3,(H,19,21). The molecule has 1 aromatic carbocycles. The van der Waals surface area contributed by atoms with Crippen LogP contribution in [0.25, 0.3) is 0 Å². The van der Waals surface area contributed by atoms with Crippen molar-refractivity contribution in [1.82, 2.24) is 5.32 Å². The predicted octanol–water partition coefficient (Wildman–Crippen LogP) is 2.87. The number of carbonyl (C=O) groups excluding carboxylic acids is 1. The number of aliphatic hydroxyl groups is 1. The fourth-order valence-electron chi connectivity index (χ4n) is 2.24. The molecule has 4 heteroatoms. The minimum atomic E-state index is -0.602. The van der Waals surface area contributed by atoms with Gasteiger partial charge in [0.15, 0.2) is 0 Å². The zero-order chi connectivity index (χ0) is 15.9. The number of hydrogen-bond acceptors (Lipinski definition) is 2. The molecule has 2 N–H and O–H groups in total. The Kier molecular flexibility index (Phi) is 6.39. The van der Waals surface area contributed by atoms with Crippen molar-refractivity contribution in [2.24, 2.45) is 0 Å².